The Morgan fingerprint density at radius 2 is 1.76 bits per heavy atom. The second-order valence-corrected chi connectivity index (χ2v) is 3.82. The molecule has 0 bridgehead atoms. The fraction of sp³-hybridized carbons (Fsp3) is 0. The summed E-state index contributed by atoms with van der Waals surface area (Å²) in [6, 6.07) is 19.0. The van der Waals surface area contributed by atoms with Crippen LogP contribution in [0.2, 0.25) is 0 Å². The number of benzene rings is 2. The van der Waals surface area contributed by atoms with Gasteiger partial charge in [-0.3, -0.25) is 0 Å². The van der Waals surface area contributed by atoms with Gasteiger partial charge in [-0.15, -0.1) is 0 Å². The van der Waals surface area contributed by atoms with Gasteiger partial charge in [-0.2, -0.15) is 0 Å². The predicted octanol–water partition coefficient (Wildman–Crippen LogP) is 3.84. The molecule has 0 atom stereocenters. The largest absolute Gasteiger partial charge is 0.248 e. The van der Waals surface area contributed by atoms with Crippen molar-refractivity contribution in [3.05, 3.63) is 66.5 Å². The number of pyridine rings is 1. The van der Waals surface area contributed by atoms with Crippen LogP contribution in [0, 0.1) is 11.9 Å². The molecule has 1 nitrogen and oxygen atoms in total. The lowest BCUT2D eigenvalue weighted by atomic mass is 10.1. The zero-order valence-corrected chi connectivity index (χ0v) is 9.02. The molecular weight excluding hydrogens is 213 g/mol. The Balaban J connectivity index is 2.14. The summed E-state index contributed by atoms with van der Waals surface area (Å²) >= 11 is 0. The predicted molar refractivity (Wildman–Crippen MR) is 66.0 cm³/mol. The van der Waals surface area contributed by atoms with Crippen LogP contribution in [0.5, 0.6) is 0 Å². The zero-order chi connectivity index (χ0) is 11.7. The van der Waals surface area contributed by atoms with Gasteiger partial charge in [0.25, 0.3) is 0 Å². The molecule has 3 aromatic rings. The maximum Gasteiger partial charge on any atom is 0.123 e. The third kappa shape index (κ3) is 1.89. The zero-order valence-electron chi connectivity index (χ0n) is 9.02. The monoisotopic (exact) mass is 222 g/mol. The number of rotatable bonds is 1. The van der Waals surface area contributed by atoms with Crippen LogP contribution in [-0.4, -0.2) is 4.98 Å². The normalized spacial score (nSPS) is 10.6. The molecule has 3 rings (SSSR count). The molecule has 2 aromatic carbocycles. The van der Waals surface area contributed by atoms with Gasteiger partial charge in [0.15, 0.2) is 0 Å². The summed E-state index contributed by atoms with van der Waals surface area (Å²) in [4.78, 5) is 4.53. The first-order valence-corrected chi connectivity index (χ1v) is 5.36. The molecule has 0 unspecified atom stereocenters. The lowest BCUT2D eigenvalue weighted by Gasteiger charge is -2.02. The minimum Gasteiger partial charge on any atom is -0.248 e. The van der Waals surface area contributed by atoms with Crippen molar-refractivity contribution in [2.75, 3.05) is 0 Å². The number of hydrogen-bond acceptors (Lipinski definition) is 1. The number of halogens is 1. The molecule has 1 heterocycles. The molecule has 17 heavy (non-hydrogen) atoms. The minimum atomic E-state index is -0.232. The molecule has 0 fully saturated rings. The second kappa shape index (κ2) is 3.98. The van der Waals surface area contributed by atoms with E-state index in [1.54, 1.807) is 12.1 Å². The number of aromatic nitrogens is 1. The van der Waals surface area contributed by atoms with E-state index in [4.69, 9.17) is 0 Å². The third-order valence-electron chi connectivity index (χ3n) is 2.67. The molecule has 0 N–H and O–H groups in total. The first kappa shape index (κ1) is 9.97. The summed E-state index contributed by atoms with van der Waals surface area (Å²) in [5.41, 5.74) is 2.69. The van der Waals surface area contributed by atoms with Crippen molar-refractivity contribution in [3.63, 3.8) is 0 Å². The van der Waals surface area contributed by atoms with Gasteiger partial charge in [0.2, 0.25) is 0 Å². The van der Waals surface area contributed by atoms with Crippen LogP contribution in [0.15, 0.2) is 54.6 Å². The average molecular weight is 222 g/mol. The summed E-state index contributed by atoms with van der Waals surface area (Å²) < 4.78 is 12.8. The van der Waals surface area contributed by atoms with Crippen molar-refractivity contribution in [2.24, 2.45) is 0 Å². The topological polar surface area (TPSA) is 12.9 Å². The molecule has 81 valence electrons. The van der Waals surface area contributed by atoms with E-state index in [9.17, 15) is 4.39 Å². The first-order chi connectivity index (χ1) is 8.33. The van der Waals surface area contributed by atoms with E-state index in [1.165, 1.54) is 12.1 Å². The second-order valence-electron chi connectivity index (χ2n) is 3.82. The van der Waals surface area contributed by atoms with E-state index in [-0.39, 0.29) is 5.82 Å². The molecular formula is C15H9FN. The van der Waals surface area contributed by atoms with Crippen molar-refractivity contribution in [2.45, 2.75) is 0 Å². The maximum atomic E-state index is 12.8. The number of hydrogen-bond donors (Lipinski definition) is 0. The Labute approximate surface area is 98.6 Å². The maximum absolute atomic E-state index is 12.8. The third-order valence-corrected chi connectivity index (χ3v) is 2.67. The van der Waals surface area contributed by atoms with Gasteiger partial charge in [-0.05, 0) is 48.5 Å². The van der Waals surface area contributed by atoms with Crippen LogP contribution < -0.4 is 0 Å². The smallest absolute Gasteiger partial charge is 0.123 e. The van der Waals surface area contributed by atoms with Crippen LogP contribution >= 0.6 is 0 Å². The van der Waals surface area contributed by atoms with Gasteiger partial charge in [-0.1, -0.05) is 12.1 Å². The first-order valence-electron chi connectivity index (χ1n) is 5.36. The van der Waals surface area contributed by atoms with Crippen LogP contribution in [-0.2, 0) is 0 Å². The van der Waals surface area contributed by atoms with E-state index in [0.29, 0.717) is 0 Å². The molecule has 0 saturated heterocycles. The van der Waals surface area contributed by atoms with E-state index >= 15 is 0 Å². The Bertz CT molecular complexity index is 659. The highest BCUT2D eigenvalue weighted by Gasteiger charge is 2.01. The molecule has 2 heteroatoms. The van der Waals surface area contributed by atoms with E-state index in [2.05, 4.69) is 11.1 Å². The van der Waals surface area contributed by atoms with Crippen molar-refractivity contribution in [3.8, 4) is 11.3 Å². The summed E-state index contributed by atoms with van der Waals surface area (Å²) in [7, 11) is 0. The van der Waals surface area contributed by atoms with E-state index < -0.39 is 0 Å². The molecule has 0 spiro atoms. The Hall–Kier alpha value is -2.22. The van der Waals surface area contributed by atoms with Crippen LogP contribution in [0.1, 0.15) is 0 Å². The van der Waals surface area contributed by atoms with Gasteiger partial charge < -0.3 is 0 Å². The highest BCUT2D eigenvalue weighted by molar-refractivity contribution is 5.81. The van der Waals surface area contributed by atoms with Gasteiger partial charge in [0, 0.05) is 10.9 Å². The van der Waals surface area contributed by atoms with Gasteiger partial charge in [0.1, 0.15) is 5.82 Å². The molecule has 0 aliphatic rings. The van der Waals surface area contributed by atoms with Crippen LogP contribution in [0.3, 0.4) is 0 Å². The van der Waals surface area contributed by atoms with Gasteiger partial charge in [0.05, 0.1) is 11.2 Å². The van der Waals surface area contributed by atoms with Crippen molar-refractivity contribution in [1.29, 1.82) is 0 Å². The number of fused-ring (bicyclic) bond motifs is 1. The number of nitrogens with zero attached hydrogens (tertiary/aromatic N) is 1. The molecule has 0 aliphatic carbocycles. The molecule has 0 saturated carbocycles. The van der Waals surface area contributed by atoms with Gasteiger partial charge in [-0.25, -0.2) is 9.37 Å². The summed E-state index contributed by atoms with van der Waals surface area (Å²) in [5, 5.41) is 1.05. The fourth-order valence-electron chi connectivity index (χ4n) is 1.79. The molecule has 0 amide bonds. The Kier molecular flexibility index (Phi) is 2.33. The molecule has 0 aliphatic heterocycles. The Morgan fingerprint density at radius 3 is 2.59 bits per heavy atom. The van der Waals surface area contributed by atoms with Crippen molar-refractivity contribution in [1.82, 2.24) is 4.98 Å². The molecule has 1 aromatic heterocycles. The van der Waals surface area contributed by atoms with Crippen molar-refractivity contribution < 1.29 is 4.39 Å². The highest BCUT2D eigenvalue weighted by atomic mass is 19.1. The standard InChI is InChI=1S/C15H9FN/c16-13-8-5-12(6-9-13)15-10-7-11-3-1-2-4-14(11)17-15/h2-10H. The van der Waals surface area contributed by atoms with E-state index in [1.807, 2.05) is 30.3 Å². The highest BCUT2D eigenvalue weighted by Crippen LogP contribution is 2.20. The lowest BCUT2D eigenvalue weighted by Crippen LogP contribution is -1.85. The van der Waals surface area contributed by atoms with Gasteiger partial charge >= 0.3 is 0 Å². The fourth-order valence-corrected chi connectivity index (χ4v) is 1.79. The van der Waals surface area contributed by atoms with Crippen molar-refractivity contribution >= 4 is 10.9 Å². The lowest BCUT2D eigenvalue weighted by molar-refractivity contribution is 0.628. The summed E-state index contributed by atoms with van der Waals surface area (Å²) in [6.07, 6.45) is 0. The summed E-state index contributed by atoms with van der Waals surface area (Å²) in [5.74, 6) is -0.232. The minimum absolute atomic E-state index is 0.232. The molecule has 1 radical (unpaired) electrons. The SMILES string of the molecule is Fc1ccc(-c2ccc3c[c]ccc3n2)cc1. The summed E-state index contributed by atoms with van der Waals surface area (Å²) in [6.45, 7) is 0. The quantitative estimate of drug-likeness (QED) is 0.609. The average Bonchev–Trinajstić information content (AvgIpc) is 2.39. The van der Waals surface area contributed by atoms with Crippen LogP contribution in [0.4, 0.5) is 4.39 Å². The van der Waals surface area contributed by atoms with Crippen LogP contribution in [0.25, 0.3) is 22.2 Å². The Morgan fingerprint density at radius 1 is 0.941 bits per heavy atom. The van der Waals surface area contributed by atoms with E-state index in [0.717, 1.165) is 22.2 Å².